The van der Waals surface area contributed by atoms with Gasteiger partial charge in [-0.2, -0.15) is 4.98 Å². The van der Waals surface area contributed by atoms with Crippen molar-refractivity contribution in [2.75, 3.05) is 13.7 Å². The number of hydrogen-bond acceptors (Lipinski definition) is 5. The first-order chi connectivity index (χ1) is 16.2. The smallest absolute Gasteiger partial charge is 0.254 e. The minimum Gasteiger partial charge on any atom is -0.497 e. The van der Waals surface area contributed by atoms with Gasteiger partial charge in [0, 0.05) is 17.7 Å². The average Bonchev–Trinajstić information content (AvgIpc) is 3.39. The van der Waals surface area contributed by atoms with Crippen LogP contribution in [0.15, 0.2) is 83.4 Å². The molecule has 1 atom stereocenters. The van der Waals surface area contributed by atoms with Crippen molar-refractivity contribution in [2.24, 2.45) is 0 Å². The molecule has 3 aromatic carbocycles. The van der Waals surface area contributed by atoms with Crippen molar-refractivity contribution < 1.29 is 14.1 Å². The van der Waals surface area contributed by atoms with Gasteiger partial charge in [0.1, 0.15) is 11.8 Å². The Hall–Kier alpha value is -3.93. The normalized spacial score (nSPS) is 15.9. The van der Waals surface area contributed by atoms with Crippen LogP contribution in [0, 0.1) is 0 Å². The highest BCUT2D eigenvalue weighted by atomic mass is 16.5. The second-order valence-electron chi connectivity index (χ2n) is 8.14. The Balaban J connectivity index is 1.38. The van der Waals surface area contributed by atoms with Crippen LogP contribution in [-0.4, -0.2) is 34.6 Å². The fourth-order valence-electron chi connectivity index (χ4n) is 4.28. The van der Waals surface area contributed by atoms with E-state index in [0.29, 0.717) is 23.8 Å². The molecule has 1 fully saturated rings. The summed E-state index contributed by atoms with van der Waals surface area (Å²) in [4.78, 5) is 19.9. The molecular weight excluding hydrogens is 414 g/mol. The van der Waals surface area contributed by atoms with Gasteiger partial charge in [0.25, 0.3) is 5.91 Å². The molecule has 1 amide bonds. The summed E-state index contributed by atoms with van der Waals surface area (Å²) >= 11 is 0. The number of methoxy groups -OCH3 is 1. The van der Waals surface area contributed by atoms with E-state index in [2.05, 4.69) is 22.3 Å². The lowest BCUT2D eigenvalue weighted by molar-refractivity contribution is 0.0561. The molecule has 6 nitrogen and oxygen atoms in total. The molecule has 6 heteroatoms. The Bertz CT molecular complexity index is 1230. The molecule has 1 unspecified atom stereocenters. The first-order valence-corrected chi connectivity index (χ1v) is 11.2. The number of likely N-dealkylation sites (tertiary alicyclic amines) is 1. The molecule has 0 spiro atoms. The first-order valence-electron chi connectivity index (χ1n) is 11.2. The van der Waals surface area contributed by atoms with Crippen molar-refractivity contribution in [1.29, 1.82) is 0 Å². The van der Waals surface area contributed by atoms with E-state index in [4.69, 9.17) is 9.26 Å². The predicted octanol–water partition coefficient (Wildman–Crippen LogP) is 5.78. The summed E-state index contributed by atoms with van der Waals surface area (Å²) in [5.41, 5.74) is 3.69. The molecule has 0 radical (unpaired) electrons. The fourth-order valence-corrected chi connectivity index (χ4v) is 4.28. The first kappa shape index (κ1) is 20.9. The molecule has 0 bridgehead atoms. The Kier molecular flexibility index (Phi) is 5.89. The average molecular weight is 440 g/mol. The third-order valence-electron chi connectivity index (χ3n) is 6.06. The maximum Gasteiger partial charge on any atom is 0.254 e. The SMILES string of the molecule is COc1cccc(-c2noc(C3CCCCN3C(=O)c3ccc(-c4ccccc4)cc3)n2)c1. The molecule has 1 aliphatic heterocycles. The summed E-state index contributed by atoms with van der Waals surface area (Å²) in [6, 6.07) is 25.2. The van der Waals surface area contributed by atoms with Gasteiger partial charge in [0.15, 0.2) is 0 Å². The number of aromatic nitrogens is 2. The van der Waals surface area contributed by atoms with Gasteiger partial charge in [0.05, 0.1) is 7.11 Å². The van der Waals surface area contributed by atoms with Gasteiger partial charge in [-0.15, -0.1) is 0 Å². The molecule has 1 aromatic heterocycles. The van der Waals surface area contributed by atoms with E-state index in [1.165, 1.54) is 0 Å². The van der Waals surface area contributed by atoms with E-state index < -0.39 is 0 Å². The molecule has 5 rings (SSSR count). The van der Waals surface area contributed by atoms with Crippen molar-refractivity contribution in [3.63, 3.8) is 0 Å². The van der Waals surface area contributed by atoms with Crippen molar-refractivity contribution in [3.05, 3.63) is 90.3 Å². The van der Waals surface area contributed by atoms with Crippen LogP contribution in [0.3, 0.4) is 0 Å². The zero-order valence-electron chi connectivity index (χ0n) is 18.5. The second-order valence-corrected chi connectivity index (χ2v) is 8.14. The number of rotatable bonds is 5. The number of amides is 1. The van der Waals surface area contributed by atoms with Crippen LogP contribution in [0.1, 0.15) is 41.6 Å². The zero-order chi connectivity index (χ0) is 22.6. The van der Waals surface area contributed by atoms with Crippen LogP contribution in [-0.2, 0) is 0 Å². The van der Waals surface area contributed by atoms with Crippen LogP contribution >= 0.6 is 0 Å². The van der Waals surface area contributed by atoms with Gasteiger partial charge in [-0.3, -0.25) is 4.79 Å². The van der Waals surface area contributed by atoms with Crippen molar-refractivity contribution in [2.45, 2.75) is 25.3 Å². The standard InChI is InChI=1S/C27H25N3O3/c1-32-23-11-7-10-22(18-23)25-28-26(33-29-25)24-12-5-6-17-30(24)27(31)21-15-13-20(14-16-21)19-8-3-2-4-9-19/h2-4,7-11,13-16,18,24H,5-6,12,17H2,1H3. The lowest BCUT2D eigenvalue weighted by atomic mass is 9.99. The lowest BCUT2D eigenvalue weighted by Crippen LogP contribution is -2.38. The number of ether oxygens (including phenoxy) is 1. The third-order valence-corrected chi connectivity index (χ3v) is 6.06. The van der Waals surface area contributed by atoms with E-state index in [9.17, 15) is 4.79 Å². The van der Waals surface area contributed by atoms with Crippen molar-refractivity contribution >= 4 is 5.91 Å². The Labute approximate surface area is 192 Å². The van der Waals surface area contributed by atoms with Crippen LogP contribution in [0.2, 0.25) is 0 Å². The van der Waals surface area contributed by atoms with E-state index in [1.54, 1.807) is 7.11 Å². The van der Waals surface area contributed by atoms with Crippen LogP contribution in [0.5, 0.6) is 5.75 Å². The molecule has 0 saturated carbocycles. The summed E-state index contributed by atoms with van der Waals surface area (Å²) in [6.45, 7) is 0.667. The lowest BCUT2D eigenvalue weighted by Gasteiger charge is -2.33. The molecule has 166 valence electrons. The summed E-state index contributed by atoms with van der Waals surface area (Å²) < 4.78 is 10.9. The number of nitrogens with zero attached hydrogens (tertiary/aromatic N) is 3. The maximum absolute atomic E-state index is 13.4. The van der Waals surface area contributed by atoms with Gasteiger partial charge in [-0.05, 0) is 54.7 Å². The number of benzene rings is 3. The van der Waals surface area contributed by atoms with Crippen LogP contribution < -0.4 is 4.74 Å². The van der Waals surface area contributed by atoms with Crippen LogP contribution in [0.4, 0.5) is 0 Å². The second kappa shape index (κ2) is 9.28. The summed E-state index contributed by atoms with van der Waals surface area (Å²) in [6.07, 6.45) is 2.77. The fraction of sp³-hybridized carbons (Fsp3) is 0.222. The topological polar surface area (TPSA) is 68.5 Å². The van der Waals surface area contributed by atoms with Gasteiger partial charge < -0.3 is 14.2 Å². The quantitative estimate of drug-likeness (QED) is 0.394. The molecule has 33 heavy (non-hydrogen) atoms. The van der Waals surface area contributed by atoms with Gasteiger partial charge in [0.2, 0.25) is 11.7 Å². The Morgan fingerprint density at radius 3 is 2.48 bits per heavy atom. The Morgan fingerprint density at radius 2 is 1.70 bits per heavy atom. The van der Waals surface area contributed by atoms with Crippen LogP contribution in [0.25, 0.3) is 22.5 Å². The number of carbonyl (C=O) groups is 1. The Morgan fingerprint density at radius 1 is 0.939 bits per heavy atom. The molecule has 1 aliphatic rings. The summed E-state index contributed by atoms with van der Waals surface area (Å²) in [5.74, 6) is 1.68. The number of hydrogen-bond donors (Lipinski definition) is 0. The summed E-state index contributed by atoms with van der Waals surface area (Å²) in [7, 11) is 1.62. The van der Waals surface area contributed by atoms with Gasteiger partial charge in [-0.1, -0.05) is 59.8 Å². The van der Waals surface area contributed by atoms with Gasteiger partial charge in [-0.25, -0.2) is 0 Å². The van der Waals surface area contributed by atoms with Crippen molar-refractivity contribution in [1.82, 2.24) is 15.0 Å². The minimum absolute atomic E-state index is 0.0135. The highest BCUT2D eigenvalue weighted by molar-refractivity contribution is 5.95. The van der Waals surface area contributed by atoms with E-state index in [-0.39, 0.29) is 11.9 Å². The molecule has 1 saturated heterocycles. The highest BCUT2D eigenvalue weighted by Crippen LogP contribution is 2.33. The molecule has 0 N–H and O–H groups in total. The monoisotopic (exact) mass is 439 g/mol. The molecule has 4 aromatic rings. The maximum atomic E-state index is 13.4. The highest BCUT2D eigenvalue weighted by Gasteiger charge is 2.32. The van der Waals surface area contributed by atoms with E-state index >= 15 is 0 Å². The third kappa shape index (κ3) is 4.37. The zero-order valence-corrected chi connectivity index (χ0v) is 18.5. The number of piperidine rings is 1. The summed E-state index contributed by atoms with van der Waals surface area (Å²) in [5, 5.41) is 4.17. The minimum atomic E-state index is -0.230. The van der Waals surface area contributed by atoms with Crippen molar-refractivity contribution in [3.8, 4) is 28.3 Å². The van der Waals surface area contributed by atoms with E-state index in [1.807, 2.05) is 71.6 Å². The van der Waals surface area contributed by atoms with E-state index in [0.717, 1.165) is 41.7 Å². The molecule has 2 heterocycles. The molecule has 0 aliphatic carbocycles. The number of carbonyl (C=O) groups excluding carboxylic acids is 1. The molecular formula is C27H25N3O3. The van der Waals surface area contributed by atoms with Gasteiger partial charge >= 0.3 is 0 Å². The predicted molar refractivity (Wildman–Crippen MR) is 126 cm³/mol. The largest absolute Gasteiger partial charge is 0.497 e.